The molecule has 0 spiro atoms. The highest BCUT2D eigenvalue weighted by Gasteiger charge is 1.98. The molecule has 0 aromatic heterocycles. The number of hydrogen-bond donors (Lipinski definition) is 0. The standard InChI is InChI=1S/C18H24O.C2H6/c1-5-8-17(9-6-2)14-15(4)19-18-12-10-16(7-3)11-13-18;1-2/h5,8,10-14H,4,6-7,9H2,1-3H3;1-2H3/b8-5-,17-14+;. The second-order valence-corrected chi connectivity index (χ2v) is 4.54. The molecule has 1 heteroatoms. The Morgan fingerprint density at radius 2 is 1.76 bits per heavy atom. The van der Waals surface area contributed by atoms with Gasteiger partial charge in [0.2, 0.25) is 0 Å². The number of allylic oxidation sites excluding steroid dienone is 4. The maximum atomic E-state index is 5.73. The highest BCUT2D eigenvalue weighted by Crippen LogP contribution is 2.17. The zero-order valence-electron chi connectivity index (χ0n) is 14.3. The molecule has 0 atom stereocenters. The van der Waals surface area contributed by atoms with Crippen LogP contribution < -0.4 is 4.74 Å². The fourth-order valence-electron chi connectivity index (χ4n) is 1.89. The molecule has 0 aliphatic rings. The molecule has 0 bridgehead atoms. The van der Waals surface area contributed by atoms with E-state index in [1.807, 2.05) is 45.1 Å². The van der Waals surface area contributed by atoms with Crippen molar-refractivity contribution in [1.29, 1.82) is 0 Å². The summed E-state index contributed by atoms with van der Waals surface area (Å²) in [5.74, 6) is 1.53. The first kappa shape index (κ1) is 19.2. The minimum absolute atomic E-state index is 0.686. The first-order chi connectivity index (χ1) is 10.2. The van der Waals surface area contributed by atoms with E-state index in [4.69, 9.17) is 4.74 Å². The van der Waals surface area contributed by atoms with Crippen LogP contribution in [0.2, 0.25) is 0 Å². The van der Waals surface area contributed by atoms with E-state index in [9.17, 15) is 0 Å². The van der Waals surface area contributed by atoms with Gasteiger partial charge in [-0.05, 0) is 49.1 Å². The molecule has 0 N–H and O–H groups in total. The molecule has 0 saturated heterocycles. The summed E-state index contributed by atoms with van der Waals surface area (Å²) in [4.78, 5) is 0. The molecule has 1 aromatic carbocycles. The molecule has 1 aromatic rings. The lowest BCUT2D eigenvalue weighted by Crippen LogP contribution is -1.92. The van der Waals surface area contributed by atoms with Gasteiger partial charge in [-0.15, -0.1) is 0 Å². The zero-order chi connectivity index (χ0) is 16.1. The van der Waals surface area contributed by atoms with Crippen molar-refractivity contribution in [2.45, 2.75) is 53.9 Å². The molecule has 0 unspecified atom stereocenters. The maximum absolute atomic E-state index is 5.73. The first-order valence-corrected chi connectivity index (χ1v) is 7.98. The minimum Gasteiger partial charge on any atom is -0.458 e. The molecular formula is C20H30O. The summed E-state index contributed by atoms with van der Waals surface area (Å²) >= 11 is 0. The molecule has 116 valence electrons. The van der Waals surface area contributed by atoms with Gasteiger partial charge in [-0.2, -0.15) is 0 Å². The first-order valence-electron chi connectivity index (χ1n) is 7.98. The van der Waals surface area contributed by atoms with Crippen molar-refractivity contribution in [3.63, 3.8) is 0 Å². The van der Waals surface area contributed by atoms with E-state index in [-0.39, 0.29) is 0 Å². The predicted molar refractivity (Wildman–Crippen MR) is 94.7 cm³/mol. The van der Waals surface area contributed by atoms with Gasteiger partial charge < -0.3 is 4.74 Å². The molecule has 1 nitrogen and oxygen atoms in total. The molecule has 1 rings (SSSR count). The van der Waals surface area contributed by atoms with Crippen LogP contribution in [0.4, 0.5) is 0 Å². The number of hydrogen-bond acceptors (Lipinski definition) is 1. The molecule has 0 aliphatic heterocycles. The molecule has 0 aliphatic carbocycles. The van der Waals surface area contributed by atoms with Gasteiger partial charge in [0, 0.05) is 0 Å². The third kappa shape index (κ3) is 8.19. The third-order valence-electron chi connectivity index (χ3n) is 2.85. The largest absolute Gasteiger partial charge is 0.458 e. The molecule has 0 saturated carbocycles. The van der Waals surface area contributed by atoms with E-state index in [0.717, 1.165) is 25.0 Å². The lowest BCUT2D eigenvalue weighted by Gasteiger charge is -2.07. The second-order valence-electron chi connectivity index (χ2n) is 4.54. The molecule has 0 fully saturated rings. The fourth-order valence-corrected chi connectivity index (χ4v) is 1.89. The number of aryl methyl sites for hydroxylation is 1. The van der Waals surface area contributed by atoms with Crippen LogP contribution in [0.25, 0.3) is 0 Å². The van der Waals surface area contributed by atoms with Gasteiger partial charge in [0.15, 0.2) is 0 Å². The second kappa shape index (κ2) is 12.0. The quantitative estimate of drug-likeness (QED) is 0.412. The predicted octanol–water partition coefficient (Wildman–Crippen LogP) is 6.47. The van der Waals surface area contributed by atoms with E-state index in [0.29, 0.717) is 5.76 Å². The Hall–Kier alpha value is -1.76. The van der Waals surface area contributed by atoms with Gasteiger partial charge in [-0.1, -0.05) is 65.0 Å². The van der Waals surface area contributed by atoms with Crippen molar-refractivity contribution in [3.8, 4) is 5.75 Å². The van der Waals surface area contributed by atoms with Crippen LogP contribution in [-0.2, 0) is 6.42 Å². The van der Waals surface area contributed by atoms with Crippen LogP contribution in [0.5, 0.6) is 5.75 Å². The summed E-state index contributed by atoms with van der Waals surface area (Å²) in [6.07, 6.45) is 9.37. The van der Waals surface area contributed by atoms with Crippen LogP contribution in [0, 0.1) is 0 Å². The summed E-state index contributed by atoms with van der Waals surface area (Å²) in [5, 5.41) is 0. The number of benzene rings is 1. The fraction of sp³-hybridized carbons (Fsp3) is 0.400. The summed E-state index contributed by atoms with van der Waals surface area (Å²) in [5.41, 5.74) is 2.56. The molecule has 0 amide bonds. The monoisotopic (exact) mass is 286 g/mol. The Morgan fingerprint density at radius 1 is 1.14 bits per heavy atom. The van der Waals surface area contributed by atoms with Crippen molar-refractivity contribution >= 4 is 0 Å². The highest BCUT2D eigenvalue weighted by atomic mass is 16.5. The minimum atomic E-state index is 0.686. The normalized spacial score (nSPS) is 11.0. The van der Waals surface area contributed by atoms with Gasteiger partial charge in [-0.3, -0.25) is 0 Å². The van der Waals surface area contributed by atoms with Gasteiger partial charge in [0.05, 0.1) is 0 Å². The summed E-state index contributed by atoms with van der Waals surface area (Å²) in [6, 6.07) is 8.16. The van der Waals surface area contributed by atoms with E-state index >= 15 is 0 Å². The van der Waals surface area contributed by atoms with Crippen molar-refractivity contribution in [2.24, 2.45) is 0 Å². The van der Waals surface area contributed by atoms with Gasteiger partial charge in [0.25, 0.3) is 0 Å². The average molecular weight is 286 g/mol. The van der Waals surface area contributed by atoms with Crippen LogP contribution in [0.3, 0.4) is 0 Å². The van der Waals surface area contributed by atoms with Crippen LogP contribution >= 0.6 is 0 Å². The smallest absolute Gasteiger partial charge is 0.127 e. The van der Waals surface area contributed by atoms with Crippen LogP contribution in [0.15, 0.2) is 60.4 Å². The van der Waals surface area contributed by atoms with Gasteiger partial charge >= 0.3 is 0 Å². The molecular weight excluding hydrogens is 256 g/mol. The van der Waals surface area contributed by atoms with E-state index in [1.165, 1.54) is 11.1 Å². The van der Waals surface area contributed by atoms with Crippen molar-refractivity contribution in [1.82, 2.24) is 0 Å². The molecule has 21 heavy (non-hydrogen) atoms. The molecule has 0 radical (unpaired) electrons. The topological polar surface area (TPSA) is 9.23 Å². The van der Waals surface area contributed by atoms with Crippen molar-refractivity contribution < 1.29 is 4.74 Å². The van der Waals surface area contributed by atoms with E-state index < -0.39 is 0 Å². The Balaban J connectivity index is 0.00000191. The number of rotatable bonds is 7. The highest BCUT2D eigenvalue weighted by molar-refractivity contribution is 5.32. The maximum Gasteiger partial charge on any atom is 0.127 e. The van der Waals surface area contributed by atoms with E-state index in [1.54, 1.807) is 0 Å². The SMILES string of the molecule is C=C(/C=C(\C=C/C)CCC)Oc1ccc(CC)cc1.CC. The average Bonchev–Trinajstić information content (AvgIpc) is 2.50. The Labute approximate surface area is 131 Å². The van der Waals surface area contributed by atoms with Crippen molar-refractivity contribution in [2.75, 3.05) is 0 Å². The van der Waals surface area contributed by atoms with E-state index in [2.05, 4.69) is 38.6 Å². The Kier molecular flexibility index (Phi) is 11.0. The molecule has 0 heterocycles. The van der Waals surface area contributed by atoms with Crippen LogP contribution in [0.1, 0.15) is 53.0 Å². The van der Waals surface area contributed by atoms with Gasteiger partial charge in [0.1, 0.15) is 11.5 Å². The summed E-state index contributed by atoms with van der Waals surface area (Å²) in [7, 11) is 0. The third-order valence-corrected chi connectivity index (χ3v) is 2.85. The Bertz CT molecular complexity index is 449. The summed E-state index contributed by atoms with van der Waals surface area (Å²) < 4.78 is 5.73. The lowest BCUT2D eigenvalue weighted by atomic mass is 10.1. The number of ether oxygens (including phenoxy) is 1. The Morgan fingerprint density at radius 3 is 2.24 bits per heavy atom. The van der Waals surface area contributed by atoms with Gasteiger partial charge in [-0.25, -0.2) is 0 Å². The zero-order valence-corrected chi connectivity index (χ0v) is 14.3. The van der Waals surface area contributed by atoms with Crippen molar-refractivity contribution in [3.05, 3.63) is 66.0 Å². The lowest BCUT2D eigenvalue weighted by molar-refractivity contribution is 0.446. The van der Waals surface area contributed by atoms with Crippen LogP contribution in [-0.4, -0.2) is 0 Å². The summed E-state index contributed by atoms with van der Waals surface area (Å²) in [6.45, 7) is 14.3.